The molecule has 0 aromatic heterocycles. The van der Waals surface area contributed by atoms with Gasteiger partial charge in [-0.1, -0.05) is 30.3 Å². The number of benzene rings is 2. The summed E-state index contributed by atoms with van der Waals surface area (Å²) >= 11 is 0. The zero-order valence-corrected chi connectivity index (χ0v) is 18.5. The minimum Gasteiger partial charge on any atom is -0.493 e. The van der Waals surface area contributed by atoms with Crippen LogP contribution in [0.3, 0.4) is 0 Å². The van der Waals surface area contributed by atoms with Gasteiger partial charge in [0.15, 0.2) is 17.7 Å². The predicted octanol–water partition coefficient (Wildman–Crippen LogP) is 3.37. The Morgan fingerprint density at radius 3 is 2.84 bits per heavy atom. The van der Waals surface area contributed by atoms with Crippen LogP contribution in [0.1, 0.15) is 11.1 Å². The summed E-state index contributed by atoms with van der Waals surface area (Å²) in [5.74, 6) is 1.48. The summed E-state index contributed by atoms with van der Waals surface area (Å²) in [6.45, 7) is 3.18. The minimum absolute atomic E-state index is 0.0329. The number of fused-ring (bicyclic) bond motifs is 3. The van der Waals surface area contributed by atoms with Crippen molar-refractivity contribution in [3.8, 4) is 22.6 Å². The highest BCUT2D eigenvalue weighted by atomic mass is 16.6. The van der Waals surface area contributed by atoms with E-state index < -0.39 is 0 Å². The third-order valence-electron chi connectivity index (χ3n) is 6.02. The Morgan fingerprint density at radius 2 is 2.03 bits per heavy atom. The Kier molecular flexibility index (Phi) is 6.12. The highest BCUT2D eigenvalue weighted by Crippen LogP contribution is 2.40. The van der Waals surface area contributed by atoms with Crippen LogP contribution in [0.4, 0.5) is 0 Å². The molecular formula is C25H28N2O5. The molecule has 7 nitrogen and oxygen atoms in total. The molecule has 0 amide bonds. The maximum absolute atomic E-state index is 6.00. The molecule has 5 rings (SSSR count). The van der Waals surface area contributed by atoms with Crippen LogP contribution >= 0.6 is 0 Å². The molecule has 3 aliphatic heterocycles. The number of hydrogen-bond donors (Lipinski definition) is 0. The van der Waals surface area contributed by atoms with Crippen LogP contribution in [-0.4, -0.2) is 70.8 Å². The molecule has 0 spiro atoms. The molecule has 2 unspecified atom stereocenters. The van der Waals surface area contributed by atoms with E-state index in [1.807, 2.05) is 18.5 Å². The number of aliphatic imine (C=N–C) groups is 1. The second-order valence-electron chi connectivity index (χ2n) is 7.96. The van der Waals surface area contributed by atoms with Crippen molar-refractivity contribution in [1.29, 1.82) is 0 Å². The lowest BCUT2D eigenvalue weighted by Crippen LogP contribution is -2.36. The van der Waals surface area contributed by atoms with Gasteiger partial charge in [-0.3, -0.25) is 0 Å². The molecule has 0 aliphatic carbocycles. The van der Waals surface area contributed by atoms with Gasteiger partial charge in [-0.2, -0.15) is 0 Å². The average molecular weight is 437 g/mol. The quantitative estimate of drug-likeness (QED) is 0.692. The number of nitrogens with zero attached hydrogens (tertiary/aromatic N) is 2. The number of methoxy groups -OCH3 is 2. The van der Waals surface area contributed by atoms with Crippen LogP contribution < -0.4 is 9.47 Å². The lowest BCUT2D eigenvalue weighted by atomic mass is 9.91. The van der Waals surface area contributed by atoms with Crippen LogP contribution in [0.2, 0.25) is 0 Å². The van der Waals surface area contributed by atoms with Gasteiger partial charge in [0, 0.05) is 23.4 Å². The minimum atomic E-state index is -0.323. The second kappa shape index (κ2) is 9.32. The standard InChI is InChI=1S/C25H28N2O5/c1-28-23-5-3-4-21(25(23)29-2)17-6-7-20-18(12-17)8-9-27-16-26-24(13-22(20)27)32-15-19-14-30-10-11-31-19/h3-7,12-13,16,19,24H,8-11,14-15H2,1-2H3. The third-order valence-corrected chi connectivity index (χ3v) is 6.02. The summed E-state index contributed by atoms with van der Waals surface area (Å²) in [4.78, 5) is 6.74. The lowest BCUT2D eigenvalue weighted by Gasteiger charge is -2.34. The van der Waals surface area contributed by atoms with E-state index in [0.29, 0.717) is 26.4 Å². The topological polar surface area (TPSA) is 61.8 Å². The molecule has 2 aromatic rings. The number of hydrogen-bond acceptors (Lipinski definition) is 7. The first-order chi connectivity index (χ1) is 15.8. The molecule has 1 saturated heterocycles. The maximum atomic E-state index is 6.00. The van der Waals surface area contributed by atoms with E-state index in [1.54, 1.807) is 14.2 Å². The van der Waals surface area contributed by atoms with E-state index in [-0.39, 0.29) is 12.3 Å². The van der Waals surface area contributed by atoms with E-state index in [2.05, 4.69) is 40.2 Å². The molecule has 1 fully saturated rings. The zero-order valence-electron chi connectivity index (χ0n) is 18.5. The van der Waals surface area contributed by atoms with Crippen molar-refractivity contribution in [1.82, 2.24) is 4.90 Å². The predicted molar refractivity (Wildman–Crippen MR) is 122 cm³/mol. The SMILES string of the molecule is COc1cccc(-c2ccc3c(c2)CCN2C=NC(OCC4COCCO4)C=C32)c1OC. The van der Waals surface area contributed by atoms with Gasteiger partial charge >= 0.3 is 0 Å². The first-order valence-electron chi connectivity index (χ1n) is 10.9. The van der Waals surface area contributed by atoms with E-state index in [9.17, 15) is 0 Å². The van der Waals surface area contributed by atoms with Gasteiger partial charge in [0.05, 0.1) is 47.0 Å². The van der Waals surface area contributed by atoms with E-state index in [0.717, 1.165) is 41.3 Å². The molecule has 2 aromatic carbocycles. The Bertz CT molecular complexity index is 1030. The fourth-order valence-electron chi connectivity index (χ4n) is 4.41. The Hall–Kier alpha value is -2.87. The van der Waals surface area contributed by atoms with Gasteiger partial charge in [0.2, 0.25) is 0 Å². The van der Waals surface area contributed by atoms with Crippen molar-refractivity contribution in [2.24, 2.45) is 4.99 Å². The maximum Gasteiger partial charge on any atom is 0.171 e. The average Bonchev–Trinajstić information content (AvgIpc) is 2.87. The summed E-state index contributed by atoms with van der Waals surface area (Å²) in [6.07, 6.45) is 4.57. The molecule has 3 aliphatic rings. The molecule has 0 bridgehead atoms. The van der Waals surface area contributed by atoms with E-state index >= 15 is 0 Å². The summed E-state index contributed by atoms with van der Waals surface area (Å²) in [6, 6.07) is 12.5. The van der Waals surface area contributed by atoms with Crippen molar-refractivity contribution in [2.45, 2.75) is 18.8 Å². The summed E-state index contributed by atoms with van der Waals surface area (Å²) < 4.78 is 28.2. The van der Waals surface area contributed by atoms with Crippen molar-refractivity contribution in [3.63, 3.8) is 0 Å². The van der Waals surface area contributed by atoms with Gasteiger partial charge in [-0.25, -0.2) is 4.99 Å². The van der Waals surface area contributed by atoms with Gasteiger partial charge in [-0.05, 0) is 29.7 Å². The largest absolute Gasteiger partial charge is 0.493 e. The Labute approximate surface area is 188 Å². The fourth-order valence-corrected chi connectivity index (χ4v) is 4.41. The van der Waals surface area contributed by atoms with Crippen LogP contribution in [-0.2, 0) is 20.6 Å². The molecule has 0 saturated carbocycles. The molecule has 168 valence electrons. The first kappa shape index (κ1) is 21.0. The van der Waals surface area contributed by atoms with Crippen LogP contribution in [0.5, 0.6) is 11.5 Å². The molecule has 0 radical (unpaired) electrons. The van der Waals surface area contributed by atoms with Crippen molar-refractivity contribution in [3.05, 3.63) is 53.6 Å². The Balaban J connectivity index is 1.39. The molecule has 3 heterocycles. The molecule has 0 N–H and O–H groups in total. The smallest absolute Gasteiger partial charge is 0.171 e. The van der Waals surface area contributed by atoms with Crippen molar-refractivity contribution >= 4 is 12.0 Å². The summed E-state index contributed by atoms with van der Waals surface area (Å²) in [5.41, 5.74) is 5.77. The van der Waals surface area contributed by atoms with Gasteiger partial charge in [0.1, 0.15) is 6.10 Å². The number of rotatable bonds is 6. The second-order valence-corrected chi connectivity index (χ2v) is 7.96. The highest BCUT2D eigenvalue weighted by Gasteiger charge is 2.26. The zero-order chi connectivity index (χ0) is 21.9. The van der Waals surface area contributed by atoms with Crippen LogP contribution in [0, 0.1) is 0 Å². The molecule has 32 heavy (non-hydrogen) atoms. The van der Waals surface area contributed by atoms with Crippen LogP contribution in [0.15, 0.2) is 47.5 Å². The summed E-state index contributed by atoms with van der Waals surface area (Å²) in [7, 11) is 3.33. The van der Waals surface area contributed by atoms with E-state index in [1.165, 1.54) is 11.1 Å². The fraction of sp³-hybridized carbons (Fsp3) is 0.400. The first-order valence-corrected chi connectivity index (χ1v) is 10.9. The molecule has 7 heteroatoms. The summed E-state index contributed by atoms with van der Waals surface area (Å²) in [5, 5.41) is 0. The van der Waals surface area contributed by atoms with Gasteiger partial charge < -0.3 is 28.6 Å². The molecular weight excluding hydrogens is 408 g/mol. The highest BCUT2D eigenvalue weighted by molar-refractivity contribution is 5.83. The third kappa shape index (κ3) is 4.11. The van der Waals surface area contributed by atoms with Gasteiger partial charge in [-0.15, -0.1) is 0 Å². The van der Waals surface area contributed by atoms with Crippen molar-refractivity contribution < 1.29 is 23.7 Å². The normalized spacial score (nSPS) is 22.1. The van der Waals surface area contributed by atoms with Crippen LogP contribution in [0.25, 0.3) is 16.8 Å². The number of para-hydroxylation sites is 1. The van der Waals surface area contributed by atoms with E-state index in [4.69, 9.17) is 23.7 Å². The lowest BCUT2D eigenvalue weighted by molar-refractivity contribution is -0.120. The van der Waals surface area contributed by atoms with Crippen molar-refractivity contribution in [2.75, 3.05) is 47.2 Å². The molecule has 2 atom stereocenters. The monoisotopic (exact) mass is 436 g/mol. The number of ether oxygens (including phenoxy) is 5. The van der Waals surface area contributed by atoms with Gasteiger partial charge in [0.25, 0.3) is 0 Å². The Morgan fingerprint density at radius 1 is 1.09 bits per heavy atom.